The highest BCUT2D eigenvalue weighted by molar-refractivity contribution is 7.97. The van der Waals surface area contributed by atoms with Crippen molar-refractivity contribution in [3.63, 3.8) is 0 Å². The second-order valence-electron chi connectivity index (χ2n) is 6.63. The van der Waals surface area contributed by atoms with Crippen LogP contribution in [0.1, 0.15) is 6.92 Å². The topological polar surface area (TPSA) is 74.8 Å². The zero-order valence-electron chi connectivity index (χ0n) is 17.1. The quantitative estimate of drug-likeness (QED) is 0.440. The third-order valence-corrected chi connectivity index (χ3v) is 5.78. The first-order valence-electron chi connectivity index (χ1n) is 9.39. The van der Waals surface area contributed by atoms with Crippen molar-refractivity contribution in [2.24, 2.45) is 0 Å². The van der Waals surface area contributed by atoms with Gasteiger partial charge in [0.05, 0.1) is 13.7 Å². The van der Waals surface area contributed by atoms with Crippen LogP contribution < -0.4 is 10.1 Å². The molecule has 0 saturated carbocycles. The Morgan fingerprint density at radius 3 is 2.83 bits per heavy atom. The summed E-state index contributed by atoms with van der Waals surface area (Å²) in [4.78, 5) is 27.7. The lowest BCUT2D eigenvalue weighted by Gasteiger charge is -2.37. The van der Waals surface area contributed by atoms with Gasteiger partial charge in [0.15, 0.2) is 0 Å². The number of fused-ring (bicyclic) bond motifs is 1. The molecule has 1 aliphatic rings. The lowest BCUT2D eigenvalue weighted by atomic mass is 10.2. The number of nitrogens with one attached hydrogen (secondary N) is 1. The molecule has 1 fully saturated rings. The molecular weight excluding hydrogens is 388 g/mol. The molecule has 1 N–H and O–H groups in total. The molecule has 0 aliphatic carbocycles. The number of pyridine rings is 1. The Balaban J connectivity index is 0.000000321. The molecule has 1 amide bonds. The molecule has 7 nitrogen and oxygen atoms in total. The first kappa shape index (κ1) is 22.9. The third kappa shape index (κ3) is 6.56. The van der Waals surface area contributed by atoms with E-state index in [0.29, 0.717) is 18.2 Å². The number of methoxy groups -OCH3 is 1. The third-order valence-electron chi connectivity index (χ3n) is 4.45. The Morgan fingerprint density at radius 1 is 1.38 bits per heavy atom. The number of aromatic nitrogens is 1. The molecule has 1 aromatic carbocycles. The van der Waals surface area contributed by atoms with E-state index in [4.69, 9.17) is 4.74 Å². The number of aldehydes is 1. The number of carbonyl (C=O) groups is 2. The van der Waals surface area contributed by atoms with Crippen molar-refractivity contribution in [2.45, 2.75) is 17.9 Å². The lowest BCUT2D eigenvalue weighted by molar-refractivity contribution is -0.118. The SMILES string of the molecule is C=CC(=O)NCC=O.COc1nccc2c(SN3CCN(C)CC3C)cccc12. The highest BCUT2D eigenvalue weighted by Gasteiger charge is 2.23. The van der Waals surface area contributed by atoms with Crippen LogP contribution in [0.3, 0.4) is 0 Å². The molecule has 29 heavy (non-hydrogen) atoms. The Bertz CT molecular complexity index is 846. The van der Waals surface area contributed by atoms with E-state index in [1.54, 1.807) is 7.11 Å². The lowest BCUT2D eigenvalue weighted by Crippen LogP contribution is -2.47. The number of carbonyl (C=O) groups excluding carboxylic acids is 2. The van der Waals surface area contributed by atoms with Crippen LogP contribution in [0.5, 0.6) is 5.88 Å². The molecule has 1 atom stereocenters. The maximum atomic E-state index is 10.2. The van der Waals surface area contributed by atoms with Crippen LogP contribution in [0.25, 0.3) is 10.8 Å². The minimum absolute atomic E-state index is 0.0604. The predicted octanol–water partition coefficient (Wildman–Crippen LogP) is 2.37. The number of nitrogens with zero attached hydrogens (tertiary/aromatic N) is 3. The summed E-state index contributed by atoms with van der Waals surface area (Å²) >= 11 is 1.85. The Morgan fingerprint density at radius 2 is 2.17 bits per heavy atom. The Kier molecular flexibility index (Phi) is 9.11. The molecule has 3 rings (SSSR count). The van der Waals surface area contributed by atoms with E-state index >= 15 is 0 Å². The highest BCUT2D eigenvalue weighted by Crippen LogP contribution is 2.34. The van der Waals surface area contributed by atoms with Crippen LogP contribution >= 0.6 is 11.9 Å². The molecule has 156 valence electrons. The Labute approximate surface area is 176 Å². The van der Waals surface area contributed by atoms with Gasteiger partial charge in [-0.05, 0) is 50.2 Å². The van der Waals surface area contributed by atoms with Crippen molar-refractivity contribution in [3.05, 3.63) is 43.1 Å². The van der Waals surface area contributed by atoms with Crippen LogP contribution in [-0.2, 0) is 9.59 Å². The average Bonchev–Trinajstić information content (AvgIpc) is 2.74. The molecule has 0 spiro atoms. The molecule has 1 aliphatic heterocycles. The zero-order valence-corrected chi connectivity index (χ0v) is 17.9. The standard InChI is InChI=1S/C16H21N3OS.C5H7NO2/c1-12-11-18(2)9-10-19(12)21-15-6-4-5-14-13(15)7-8-17-16(14)20-3;1-2-5(8)6-3-4-7/h4-8,12H,9-11H2,1-3H3;2,4H,1,3H2,(H,6,8). The van der Waals surface area contributed by atoms with Crippen molar-refractivity contribution >= 4 is 34.9 Å². The van der Waals surface area contributed by atoms with Crippen LogP contribution in [0, 0.1) is 0 Å². The molecule has 1 aromatic heterocycles. The van der Waals surface area contributed by atoms with Crippen molar-refractivity contribution in [1.82, 2.24) is 19.5 Å². The fourth-order valence-electron chi connectivity index (χ4n) is 2.99. The smallest absolute Gasteiger partial charge is 0.243 e. The predicted molar refractivity (Wildman–Crippen MR) is 117 cm³/mol. The summed E-state index contributed by atoms with van der Waals surface area (Å²) in [6.45, 7) is 8.85. The molecule has 8 heteroatoms. The van der Waals surface area contributed by atoms with Gasteiger partial charge in [-0.3, -0.25) is 4.79 Å². The maximum Gasteiger partial charge on any atom is 0.243 e. The first-order chi connectivity index (χ1) is 14.0. The van der Waals surface area contributed by atoms with Crippen molar-refractivity contribution < 1.29 is 14.3 Å². The van der Waals surface area contributed by atoms with Crippen molar-refractivity contribution in [2.75, 3.05) is 40.3 Å². The first-order valence-corrected chi connectivity index (χ1v) is 10.2. The summed E-state index contributed by atoms with van der Waals surface area (Å²) in [7, 11) is 3.86. The molecule has 0 radical (unpaired) electrons. The molecule has 2 heterocycles. The van der Waals surface area contributed by atoms with Crippen LogP contribution in [0.15, 0.2) is 48.0 Å². The van der Waals surface area contributed by atoms with Crippen LogP contribution in [0.2, 0.25) is 0 Å². The molecular formula is C21H28N4O3S. The van der Waals surface area contributed by atoms with E-state index in [1.807, 2.05) is 18.1 Å². The number of ether oxygens (including phenoxy) is 1. The minimum Gasteiger partial charge on any atom is -0.481 e. The van der Waals surface area contributed by atoms with Gasteiger partial charge in [0.1, 0.15) is 6.29 Å². The van der Waals surface area contributed by atoms with Crippen molar-refractivity contribution in [1.29, 1.82) is 0 Å². The van der Waals surface area contributed by atoms with Gasteiger partial charge in [-0.25, -0.2) is 9.29 Å². The van der Waals surface area contributed by atoms with E-state index < -0.39 is 0 Å². The number of rotatable bonds is 6. The van der Waals surface area contributed by atoms with Gasteiger partial charge in [-0.2, -0.15) is 0 Å². The number of likely N-dealkylation sites (N-methyl/N-ethyl adjacent to an activating group) is 1. The molecule has 1 unspecified atom stereocenters. The van der Waals surface area contributed by atoms with E-state index in [9.17, 15) is 9.59 Å². The second kappa shape index (κ2) is 11.5. The van der Waals surface area contributed by atoms with Gasteiger partial charge < -0.3 is 19.7 Å². The number of hydrogen-bond donors (Lipinski definition) is 1. The number of amides is 1. The Hall–Kier alpha value is -2.42. The van der Waals surface area contributed by atoms with Gasteiger partial charge in [0.25, 0.3) is 0 Å². The molecule has 2 aromatic rings. The van der Waals surface area contributed by atoms with E-state index in [0.717, 1.165) is 31.1 Å². The van der Waals surface area contributed by atoms with Crippen LogP contribution in [0.4, 0.5) is 0 Å². The summed E-state index contributed by atoms with van der Waals surface area (Å²) in [5.41, 5.74) is 0. The normalized spacial score (nSPS) is 17.1. The van der Waals surface area contributed by atoms with Crippen LogP contribution in [-0.4, -0.2) is 72.8 Å². The summed E-state index contributed by atoms with van der Waals surface area (Å²) in [6, 6.07) is 8.94. The van der Waals surface area contributed by atoms with E-state index in [-0.39, 0.29) is 12.5 Å². The summed E-state index contributed by atoms with van der Waals surface area (Å²) in [5.74, 6) is 0.374. The van der Waals surface area contributed by atoms with Gasteiger partial charge in [0, 0.05) is 47.5 Å². The summed E-state index contributed by atoms with van der Waals surface area (Å²) < 4.78 is 7.84. The van der Waals surface area contributed by atoms with E-state index in [2.05, 4.69) is 64.3 Å². The fourth-order valence-corrected chi connectivity index (χ4v) is 4.08. The van der Waals surface area contributed by atoms with Crippen molar-refractivity contribution in [3.8, 4) is 5.88 Å². The van der Waals surface area contributed by atoms with Gasteiger partial charge in [-0.1, -0.05) is 12.6 Å². The average molecular weight is 417 g/mol. The maximum absolute atomic E-state index is 10.2. The molecule has 0 bridgehead atoms. The van der Waals surface area contributed by atoms with Gasteiger partial charge >= 0.3 is 0 Å². The summed E-state index contributed by atoms with van der Waals surface area (Å²) in [6.07, 6.45) is 3.55. The number of hydrogen-bond acceptors (Lipinski definition) is 7. The van der Waals surface area contributed by atoms with Gasteiger partial charge in [0.2, 0.25) is 11.8 Å². The van der Waals surface area contributed by atoms with E-state index in [1.165, 1.54) is 10.3 Å². The molecule has 1 saturated heterocycles. The summed E-state index contributed by atoms with van der Waals surface area (Å²) in [5, 5.41) is 4.54. The largest absolute Gasteiger partial charge is 0.481 e. The minimum atomic E-state index is -0.322. The zero-order chi connectivity index (χ0) is 21.2. The fraction of sp³-hybridized carbons (Fsp3) is 0.381. The highest BCUT2D eigenvalue weighted by atomic mass is 32.2. The second-order valence-corrected chi connectivity index (χ2v) is 7.72. The monoisotopic (exact) mass is 416 g/mol. The number of benzene rings is 1. The van der Waals surface area contributed by atoms with Gasteiger partial charge in [-0.15, -0.1) is 0 Å². The number of piperazine rings is 1.